The Labute approximate surface area is 145 Å². The zero-order valence-corrected chi connectivity index (χ0v) is 14.4. The van der Waals surface area contributed by atoms with E-state index in [1.165, 1.54) is 31.2 Å². The van der Waals surface area contributed by atoms with Gasteiger partial charge in [0.25, 0.3) is 5.91 Å². The second-order valence-corrected chi connectivity index (χ2v) is 5.53. The van der Waals surface area contributed by atoms with E-state index in [1.54, 1.807) is 13.8 Å². The number of aliphatic carboxylic acids is 1. The van der Waals surface area contributed by atoms with E-state index in [4.69, 9.17) is 4.74 Å². The highest BCUT2D eigenvalue weighted by Crippen LogP contribution is 2.13. The Hall–Kier alpha value is -2.90. The first-order chi connectivity index (χ1) is 11.7. The molecule has 0 fully saturated rings. The molecule has 2 amide bonds. The Balaban J connectivity index is 2.77. The van der Waals surface area contributed by atoms with E-state index < -0.39 is 29.8 Å². The Morgan fingerprint density at radius 2 is 1.76 bits per heavy atom. The summed E-state index contributed by atoms with van der Waals surface area (Å²) in [5.74, 6) is -3.22. The predicted octanol–water partition coefficient (Wildman–Crippen LogP) is 1.42. The zero-order valence-electron chi connectivity index (χ0n) is 14.4. The molecule has 0 aromatic heterocycles. The quantitative estimate of drug-likeness (QED) is 0.610. The fourth-order valence-corrected chi connectivity index (χ4v) is 2.18. The van der Waals surface area contributed by atoms with E-state index >= 15 is 0 Å². The molecule has 0 unspecified atom stereocenters. The first kappa shape index (κ1) is 20.1. The third-order valence-electron chi connectivity index (χ3n) is 3.38. The van der Waals surface area contributed by atoms with Crippen LogP contribution in [-0.4, -0.2) is 41.5 Å². The van der Waals surface area contributed by atoms with Crippen molar-refractivity contribution < 1.29 is 29.0 Å². The number of carbonyl (C=O) groups excluding carboxylic acids is 3. The monoisotopic (exact) mass is 350 g/mol. The van der Waals surface area contributed by atoms with Crippen LogP contribution in [0.15, 0.2) is 24.3 Å². The molecule has 1 rings (SSSR count). The predicted molar refractivity (Wildman–Crippen MR) is 90.0 cm³/mol. The van der Waals surface area contributed by atoms with Crippen molar-refractivity contribution in [3.05, 3.63) is 29.8 Å². The molecule has 0 heterocycles. The summed E-state index contributed by atoms with van der Waals surface area (Å²) in [5.41, 5.74) is 0.762. The standard InChI is InChI=1S/C17H22N2O6/c1-4-25-14(21)9-10(2)15(17(23)24)19-16(22)12-5-7-13(8-6-12)18-11(3)20/h5-8,10,15H,4,9H2,1-3H3,(H,18,20)(H,19,22)(H,23,24)/t10-,15-/m0/s1. The third-order valence-corrected chi connectivity index (χ3v) is 3.38. The van der Waals surface area contributed by atoms with Crippen molar-refractivity contribution >= 4 is 29.4 Å². The molecule has 136 valence electrons. The number of hydrogen-bond donors (Lipinski definition) is 3. The summed E-state index contributed by atoms with van der Waals surface area (Å²) >= 11 is 0. The first-order valence-corrected chi connectivity index (χ1v) is 7.81. The summed E-state index contributed by atoms with van der Waals surface area (Å²) < 4.78 is 4.80. The smallest absolute Gasteiger partial charge is 0.326 e. The van der Waals surface area contributed by atoms with Crippen molar-refractivity contribution in [2.45, 2.75) is 33.2 Å². The van der Waals surface area contributed by atoms with E-state index in [-0.39, 0.29) is 24.5 Å². The maximum Gasteiger partial charge on any atom is 0.326 e. The first-order valence-electron chi connectivity index (χ1n) is 7.81. The lowest BCUT2D eigenvalue weighted by Crippen LogP contribution is -2.45. The van der Waals surface area contributed by atoms with Gasteiger partial charge < -0.3 is 20.5 Å². The molecule has 0 aliphatic carbocycles. The average molecular weight is 350 g/mol. The molecular formula is C17H22N2O6. The fourth-order valence-electron chi connectivity index (χ4n) is 2.18. The Morgan fingerprint density at radius 1 is 1.16 bits per heavy atom. The zero-order chi connectivity index (χ0) is 19.0. The molecule has 0 saturated carbocycles. The summed E-state index contributed by atoms with van der Waals surface area (Å²) in [6.45, 7) is 4.78. The number of ether oxygens (including phenoxy) is 1. The molecule has 0 spiro atoms. The number of esters is 1. The minimum Gasteiger partial charge on any atom is -0.480 e. The molecule has 0 bridgehead atoms. The van der Waals surface area contributed by atoms with E-state index in [0.717, 1.165) is 0 Å². The van der Waals surface area contributed by atoms with Crippen LogP contribution >= 0.6 is 0 Å². The van der Waals surface area contributed by atoms with Crippen molar-refractivity contribution in [3.63, 3.8) is 0 Å². The molecule has 25 heavy (non-hydrogen) atoms. The van der Waals surface area contributed by atoms with Crippen molar-refractivity contribution in [1.29, 1.82) is 0 Å². The molecule has 0 radical (unpaired) electrons. The minimum absolute atomic E-state index is 0.118. The summed E-state index contributed by atoms with van der Waals surface area (Å²) in [6.07, 6.45) is -0.118. The lowest BCUT2D eigenvalue weighted by molar-refractivity contribution is -0.146. The molecule has 2 atom stereocenters. The van der Waals surface area contributed by atoms with Gasteiger partial charge in [-0.1, -0.05) is 6.92 Å². The van der Waals surface area contributed by atoms with E-state index in [2.05, 4.69) is 10.6 Å². The van der Waals surface area contributed by atoms with Crippen molar-refractivity contribution in [1.82, 2.24) is 5.32 Å². The van der Waals surface area contributed by atoms with E-state index in [9.17, 15) is 24.3 Å². The summed E-state index contributed by atoms with van der Waals surface area (Å²) in [7, 11) is 0. The van der Waals surface area contributed by atoms with Gasteiger partial charge >= 0.3 is 11.9 Å². The van der Waals surface area contributed by atoms with Crippen LogP contribution in [0.4, 0.5) is 5.69 Å². The van der Waals surface area contributed by atoms with Crippen molar-refractivity contribution in [2.75, 3.05) is 11.9 Å². The van der Waals surface area contributed by atoms with Crippen LogP contribution in [0.25, 0.3) is 0 Å². The highest BCUT2D eigenvalue weighted by atomic mass is 16.5. The second-order valence-electron chi connectivity index (χ2n) is 5.53. The number of hydrogen-bond acceptors (Lipinski definition) is 5. The average Bonchev–Trinajstić information content (AvgIpc) is 2.52. The SMILES string of the molecule is CCOC(=O)C[C@H](C)[C@H](NC(=O)c1ccc(NC(C)=O)cc1)C(=O)O. The molecule has 1 aromatic rings. The molecule has 0 saturated heterocycles. The highest BCUT2D eigenvalue weighted by molar-refractivity contribution is 5.97. The fraction of sp³-hybridized carbons (Fsp3) is 0.412. The number of carbonyl (C=O) groups is 4. The maximum atomic E-state index is 12.2. The van der Waals surface area contributed by atoms with Crippen molar-refractivity contribution in [3.8, 4) is 0 Å². The van der Waals surface area contributed by atoms with Gasteiger partial charge in [0.2, 0.25) is 5.91 Å². The Bertz CT molecular complexity index is 641. The summed E-state index contributed by atoms with van der Waals surface area (Å²) in [4.78, 5) is 46.1. The molecule has 1 aromatic carbocycles. The van der Waals surface area contributed by atoms with E-state index in [1.807, 2.05) is 0 Å². The van der Waals surface area contributed by atoms with Crippen LogP contribution in [0.3, 0.4) is 0 Å². The van der Waals surface area contributed by atoms with Crippen LogP contribution in [-0.2, 0) is 19.1 Å². The second kappa shape index (κ2) is 9.41. The Kier molecular flexibility index (Phi) is 7.58. The van der Waals surface area contributed by atoms with E-state index in [0.29, 0.717) is 5.69 Å². The Morgan fingerprint density at radius 3 is 2.24 bits per heavy atom. The van der Waals surface area contributed by atoms with Crippen LogP contribution in [0.5, 0.6) is 0 Å². The number of amides is 2. The van der Waals surface area contributed by atoms with Gasteiger partial charge in [-0.15, -0.1) is 0 Å². The van der Waals surface area contributed by atoms with Crippen LogP contribution < -0.4 is 10.6 Å². The van der Waals surface area contributed by atoms with Gasteiger partial charge in [0, 0.05) is 18.2 Å². The van der Waals surface area contributed by atoms with Gasteiger partial charge in [-0.3, -0.25) is 14.4 Å². The number of benzene rings is 1. The molecule has 3 N–H and O–H groups in total. The van der Waals surface area contributed by atoms with Gasteiger partial charge in [0.05, 0.1) is 13.0 Å². The van der Waals surface area contributed by atoms with Gasteiger partial charge in [0.15, 0.2) is 0 Å². The maximum absolute atomic E-state index is 12.2. The van der Waals surface area contributed by atoms with Crippen LogP contribution in [0.2, 0.25) is 0 Å². The van der Waals surface area contributed by atoms with Gasteiger partial charge in [0.1, 0.15) is 6.04 Å². The van der Waals surface area contributed by atoms with Gasteiger partial charge in [-0.25, -0.2) is 4.79 Å². The minimum atomic E-state index is -1.24. The van der Waals surface area contributed by atoms with Gasteiger partial charge in [-0.2, -0.15) is 0 Å². The number of carboxylic acid groups (broad SMARTS) is 1. The molecule has 0 aliphatic heterocycles. The largest absolute Gasteiger partial charge is 0.480 e. The van der Waals surface area contributed by atoms with Gasteiger partial charge in [-0.05, 0) is 37.1 Å². The molecular weight excluding hydrogens is 328 g/mol. The normalized spacial score (nSPS) is 12.6. The topological polar surface area (TPSA) is 122 Å². The van der Waals surface area contributed by atoms with Crippen molar-refractivity contribution in [2.24, 2.45) is 5.92 Å². The summed E-state index contributed by atoms with van der Waals surface area (Å²) in [5, 5.41) is 14.3. The number of nitrogens with one attached hydrogen (secondary N) is 2. The number of rotatable bonds is 8. The van der Waals surface area contributed by atoms with Crippen LogP contribution in [0, 0.1) is 5.92 Å². The lowest BCUT2D eigenvalue weighted by Gasteiger charge is -2.20. The lowest BCUT2D eigenvalue weighted by atomic mass is 9.98. The highest BCUT2D eigenvalue weighted by Gasteiger charge is 2.29. The molecule has 8 heteroatoms. The third kappa shape index (κ3) is 6.62. The molecule has 8 nitrogen and oxygen atoms in total. The molecule has 0 aliphatic rings. The number of anilines is 1. The summed E-state index contributed by atoms with van der Waals surface area (Å²) in [6, 6.07) is 4.78. The number of carboxylic acids is 1. The van der Waals surface area contributed by atoms with Crippen LogP contribution in [0.1, 0.15) is 37.6 Å².